The average molecular weight is 136 g/mol. The summed E-state index contributed by atoms with van der Waals surface area (Å²) in [7, 11) is 0. The van der Waals surface area contributed by atoms with Crippen molar-refractivity contribution in [2.45, 2.75) is 4.95 Å². The van der Waals surface area contributed by atoms with Crippen LogP contribution in [-0.2, 0) is 0 Å². The summed E-state index contributed by atoms with van der Waals surface area (Å²) in [6, 6.07) is 0. The largest absolute Gasteiger partial charge is 0.316 e. The Hall–Kier alpha value is 0.180. The van der Waals surface area contributed by atoms with E-state index in [4.69, 9.17) is 5.73 Å². The first-order chi connectivity index (χ1) is 2.27. The molecular weight excluding hydrogens is 130 g/mol. The Bertz CT molecular complexity index is 33.9. The number of hydrogen-bond acceptors (Lipinski definition) is 1. The fourth-order valence-electron chi connectivity index (χ4n) is 0. The first-order valence-electron chi connectivity index (χ1n) is 1.29. The minimum atomic E-state index is -0.0394. The summed E-state index contributed by atoms with van der Waals surface area (Å²) < 4.78 is 0. The van der Waals surface area contributed by atoms with E-state index in [1.54, 1.807) is 6.08 Å². The van der Waals surface area contributed by atoms with E-state index >= 15 is 0 Å². The van der Waals surface area contributed by atoms with Gasteiger partial charge in [-0.25, -0.2) is 0 Å². The predicted octanol–water partition coefficient (Wildman–Crippen LogP) is 0.852. The Morgan fingerprint density at radius 3 is 2.20 bits per heavy atom. The number of rotatable bonds is 1. The molecule has 2 heteroatoms. The fraction of sp³-hybridized carbons (Fsp3) is 0.333. The van der Waals surface area contributed by atoms with Gasteiger partial charge in [0.1, 0.15) is 0 Å². The highest BCUT2D eigenvalue weighted by molar-refractivity contribution is 9.09. The van der Waals surface area contributed by atoms with Gasteiger partial charge in [-0.05, 0) is 0 Å². The maximum absolute atomic E-state index is 5.09. The van der Waals surface area contributed by atoms with Crippen LogP contribution in [0.1, 0.15) is 0 Å². The molecule has 0 fully saturated rings. The fourth-order valence-corrected chi connectivity index (χ4v) is 0. The molecule has 30 valence electrons. The molecule has 0 rings (SSSR count). The maximum Gasteiger partial charge on any atom is 0.0788 e. The Morgan fingerprint density at radius 1 is 2.00 bits per heavy atom. The van der Waals surface area contributed by atoms with Gasteiger partial charge in [-0.1, -0.05) is 22.0 Å². The number of alkyl halides is 1. The standard InChI is InChI=1S/C3H6BrN/c1-2-3(4)5/h2-3H,1,5H2. The number of halogens is 1. The third-order valence-corrected chi connectivity index (χ3v) is 0.599. The molecule has 0 heterocycles. The molecule has 0 amide bonds. The SMILES string of the molecule is C=CC(N)Br. The molecule has 0 radical (unpaired) electrons. The quantitative estimate of drug-likeness (QED) is 0.322. The van der Waals surface area contributed by atoms with Crippen molar-refractivity contribution in [2.75, 3.05) is 0 Å². The second kappa shape index (κ2) is 2.42. The molecule has 5 heavy (non-hydrogen) atoms. The second-order valence-electron chi connectivity index (χ2n) is 0.680. The van der Waals surface area contributed by atoms with Crippen LogP contribution in [-0.4, -0.2) is 4.95 Å². The highest BCUT2D eigenvalue weighted by atomic mass is 79.9. The zero-order chi connectivity index (χ0) is 4.28. The summed E-state index contributed by atoms with van der Waals surface area (Å²) in [4.78, 5) is -0.0394. The van der Waals surface area contributed by atoms with Gasteiger partial charge in [0.25, 0.3) is 0 Å². The first-order valence-corrected chi connectivity index (χ1v) is 2.21. The summed E-state index contributed by atoms with van der Waals surface area (Å²) in [6.45, 7) is 3.39. The molecule has 2 N–H and O–H groups in total. The van der Waals surface area contributed by atoms with Gasteiger partial charge in [-0.15, -0.1) is 6.58 Å². The minimum Gasteiger partial charge on any atom is -0.316 e. The van der Waals surface area contributed by atoms with Gasteiger partial charge in [0.2, 0.25) is 0 Å². The molecule has 0 bridgehead atoms. The van der Waals surface area contributed by atoms with E-state index in [2.05, 4.69) is 22.5 Å². The van der Waals surface area contributed by atoms with E-state index in [9.17, 15) is 0 Å². The van der Waals surface area contributed by atoms with E-state index in [0.717, 1.165) is 0 Å². The molecule has 1 unspecified atom stereocenters. The summed E-state index contributed by atoms with van der Waals surface area (Å²) in [5, 5.41) is 0. The van der Waals surface area contributed by atoms with Crippen molar-refractivity contribution in [3.8, 4) is 0 Å². The molecule has 0 saturated heterocycles. The summed E-state index contributed by atoms with van der Waals surface area (Å²) in [6.07, 6.45) is 1.61. The zero-order valence-electron chi connectivity index (χ0n) is 2.82. The summed E-state index contributed by atoms with van der Waals surface area (Å²) >= 11 is 3.03. The first kappa shape index (κ1) is 5.18. The van der Waals surface area contributed by atoms with Crippen LogP contribution < -0.4 is 5.73 Å². The molecular formula is C3H6BrN. The molecule has 0 aliphatic carbocycles. The van der Waals surface area contributed by atoms with Crippen molar-refractivity contribution in [2.24, 2.45) is 5.73 Å². The van der Waals surface area contributed by atoms with Gasteiger partial charge < -0.3 is 5.73 Å². The highest BCUT2D eigenvalue weighted by Gasteiger charge is 1.76. The third-order valence-electron chi connectivity index (χ3n) is 0.225. The van der Waals surface area contributed by atoms with E-state index in [1.165, 1.54) is 0 Å². The van der Waals surface area contributed by atoms with Gasteiger partial charge in [-0.2, -0.15) is 0 Å². The lowest BCUT2D eigenvalue weighted by molar-refractivity contribution is 1.19. The van der Waals surface area contributed by atoms with Crippen molar-refractivity contribution < 1.29 is 0 Å². The van der Waals surface area contributed by atoms with Crippen LogP contribution in [0.25, 0.3) is 0 Å². The summed E-state index contributed by atoms with van der Waals surface area (Å²) in [5.74, 6) is 0. The average Bonchev–Trinajstić information content (AvgIpc) is 1.38. The molecule has 0 aliphatic heterocycles. The van der Waals surface area contributed by atoms with Gasteiger partial charge >= 0.3 is 0 Å². The second-order valence-corrected chi connectivity index (χ2v) is 1.74. The lowest BCUT2D eigenvalue weighted by Gasteiger charge is -1.83. The van der Waals surface area contributed by atoms with Crippen LogP contribution in [0.4, 0.5) is 0 Å². The molecule has 1 atom stereocenters. The van der Waals surface area contributed by atoms with Crippen LogP contribution in [0, 0.1) is 0 Å². The minimum absolute atomic E-state index is 0.0394. The highest BCUT2D eigenvalue weighted by Crippen LogP contribution is 1.85. The van der Waals surface area contributed by atoms with Crippen LogP contribution in [0.3, 0.4) is 0 Å². The predicted molar refractivity (Wildman–Crippen MR) is 27.1 cm³/mol. The lowest BCUT2D eigenvalue weighted by atomic mass is 10.7. The van der Waals surface area contributed by atoms with Gasteiger partial charge in [-0.3, -0.25) is 0 Å². The zero-order valence-corrected chi connectivity index (χ0v) is 4.40. The Balaban J connectivity index is 2.83. The molecule has 1 nitrogen and oxygen atoms in total. The Kier molecular flexibility index (Phi) is 2.51. The van der Waals surface area contributed by atoms with Crippen LogP contribution in [0.2, 0.25) is 0 Å². The smallest absolute Gasteiger partial charge is 0.0788 e. The molecule has 0 aromatic rings. The molecule has 0 aliphatic rings. The van der Waals surface area contributed by atoms with Gasteiger partial charge in [0.05, 0.1) is 4.95 Å². The van der Waals surface area contributed by atoms with Crippen molar-refractivity contribution >= 4 is 15.9 Å². The topological polar surface area (TPSA) is 26.0 Å². The normalized spacial score (nSPS) is 14.0. The van der Waals surface area contributed by atoms with Crippen LogP contribution in [0.15, 0.2) is 12.7 Å². The van der Waals surface area contributed by atoms with Crippen molar-refractivity contribution in [1.82, 2.24) is 0 Å². The van der Waals surface area contributed by atoms with E-state index in [1.807, 2.05) is 0 Å². The lowest BCUT2D eigenvalue weighted by Crippen LogP contribution is -2.04. The monoisotopic (exact) mass is 135 g/mol. The van der Waals surface area contributed by atoms with E-state index < -0.39 is 0 Å². The molecule has 0 aromatic heterocycles. The van der Waals surface area contributed by atoms with Gasteiger partial charge in [0.15, 0.2) is 0 Å². The summed E-state index contributed by atoms with van der Waals surface area (Å²) in [5.41, 5.74) is 5.09. The molecule has 0 saturated carbocycles. The van der Waals surface area contributed by atoms with Crippen molar-refractivity contribution in [3.63, 3.8) is 0 Å². The van der Waals surface area contributed by atoms with Crippen LogP contribution in [0.5, 0.6) is 0 Å². The van der Waals surface area contributed by atoms with Crippen molar-refractivity contribution in [1.29, 1.82) is 0 Å². The van der Waals surface area contributed by atoms with E-state index in [-0.39, 0.29) is 4.95 Å². The number of nitrogens with two attached hydrogens (primary N) is 1. The Morgan fingerprint density at radius 2 is 2.20 bits per heavy atom. The van der Waals surface area contributed by atoms with Crippen molar-refractivity contribution in [3.05, 3.63) is 12.7 Å². The maximum atomic E-state index is 5.09. The Labute approximate surface area is 40.0 Å². The number of hydrogen-bond donors (Lipinski definition) is 1. The molecule has 0 spiro atoms. The van der Waals surface area contributed by atoms with Gasteiger partial charge in [0, 0.05) is 0 Å². The van der Waals surface area contributed by atoms with Crippen LogP contribution >= 0.6 is 15.9 Å². The third kappa shape index (κ3) is 4.18. The van der Waals surface area contributed by atoms with E-state index in [0.29, 0.717) is 0 Å². The molecule has 0 aromatic carbocycles.